The van der Waals surface area contributed by atoms with Gasteiger partial charge in [0.25, 0.3) is 0 Å². The Labute approximate surface area is 139 Å². The van der Waals surface area contributed by atoms with Gasteiger partial charge in [-0.25, -0.2) is 8.42 Å². The number of carbonyl (C=O) groups excluding carboxylic acids is 1. The van der Waals surface area contributed by atoms with E-state index in [1.54, 1.807) is 30.3 Å². The van der Waals surface area contributed by atoms with Gasteiger partial charge in [-0.3, -0.25) is 4.79 Å². The molecule has 1 aromatic rings. The number of amides is 1. The molecule has 128 valence electrons. The van der Waals surface area contributed by atoms with E-state index in [0.717, 1.165) is 19.3 Å². The molecule has 0 spiro atoms. The van der Waals surface area contributed by atoms with Crippen LogP contribution in [0.2, 0.25) is 0 Å². The minimum Gasteiger partial charge on any atom is -0.353 e. The van der Waals surface area contributed by atoms with Crippen molar-refractivity contribution < 1.29 is 13.2 Å². The summed E-state index contributed by atoms with van der Waals surface area (Å²) in [4.78, 5) is 12.7. The Morgan fingerprint density at radius 3 is 2.52 bits per heavy atom. The van der Waals surface area contributed by atoms with Crippen LogP contribution in [0.4, 0.5) is 0 Å². The second-order valence-corrected chi connectivity index (χ2v) is 7.98. The van der Waals surface area contributed by atoms with Gasteiger partial charge in [-0.1, -0.05) is 32.0 Å². The van der Waals surface area contributed by atoms with Crippen LogP contribution in [0.25, 0.3) is 0 Å². The van der Waals surface area contributed by atoms with E-state index in [1.165, 1.54) is 4.31 Å². The van der Waals surface area contributed by atoms with E-state index in [-0.39, 0.29) is 24.4 Å². The van der Waals surface area contributed by atoms with Gasteiger partial charge in [0.2, 0.25) is 15.9 Å². The second-order valence-electron chi connectivity index (χ2n) is 6.04. The number of carbonyl (C=O) groups is 1. The SMILES string of the molecule is CCC(CC)NC(=O)[C@H]1CCCN(S(=O)(=O)c2ccccc2)C1. The predicted molar refractivity (Wildman–Crippen MR) is 90.4 cm³/mol. The van der Waals surface area contributed by atoms with Crippen molar-refractivity contribution in [2.45, 2.75) is 50.5 Å². The lowest BCUT2D eigenvalue weighted by molar-refractivity contribution is -0.126. The van der Waals surface area contributed by atoms with Crippen LogP contribution >= 0.6 is 0 Å². The highest BCUT2D eigenvalue weighted by Gasteiger charge is 2.33. The summed E-state index contributed by atoms with van der Waals surface area (Å²) in [6.07, 6.45) is 3.24. The topological polar surface area (TPSA) is 66.5 Å². The van der Waals surface area contributed by atoms with E-state index in [9.17, 15) is 13.2 Å². The van der Waals surface area contributed by atoms with Crippen LogP contribution in [0.5, 0.6) is 0 Å². The lowest BCUT2D eigenvalue weighted by Crippen LogP contribution is -2.47. The number of hydrogen-bond donors (Lipinski definition) is 1. The molecule has 0 aliphatic carbocycles. The van der Waals surface area contributed by atoms with E-state index in [2.05, 4.69) is 5.32 Å². The van der Waals surface area contributed by atoms with Crippen LogP contribution in [0, 0.1) is 5.92 Å². The number of benzene rings is 1. The van der Waals surface area contributed by atoms with Gasteiger partial charge in [-0.15, -0.1) is 0 Å². The van der Waals surface area contributed by atoms with Gasteiger partial charge < -0.3 is 5.32 Å². The molecule has 0 radical (unpaired) electrons. The Kier molecular flexibility index (Phi) is 6.18. The molecular formula is C17H26N2O3S. The first kappa shape index (κ1) is 17.9. The number of nitrogens with one attached hydrogen (secondary N) is 1. The third-order valence-electron chi connectivity index (χ3n) is 4.47. The third-order valence-corrected chi connectivity index (χ3v) is 6.35. The summed E-state index contributed by atoms with van der Waals surface area (Å²) in [6, 6.07) is 8.60. The Morgan fingerprint density at radius 2 is 1.91 bits per heavy atom. The van der Waals surface area contributed by atoms with Crippen molar-refractivity contribution in [1.29, 1.82) is 0 Å². The lowest BCUT2D eigenvalue weighted by atomic mass is 9.98. The average molecular weight is 338 g/mol. The van der Waals surface area contributed by atoms with Crippen LogP contribution in [-0.2, 0) is 14.8 Å². The van der Waals surface area contributed by atoms with E-state index in [0.29, 0.717) is 17.9 Å². The molecule has 5 nitrogen and oxygen atoms in total. The van der Waals surface area contributed by atoms with E-state index in [1.807, 2.05) is 13.8 Å². The van der Waals surface area contributed by atoms with Gasteiger partial charge in [-0.2, -0.15) is 4.31 Å². The normalized spacial score (nSPS) is 19.7. The summed E-state index contributed by atoms with van der Waals surface area (Å²) in [5, 5.41) is 3.04. The van der Waals surface area contributed by atoms with Crippen molar-refractivity contribution in [1.82, 2.24) is 9.62 Å². The first-order chi connectivity index (χ1) is 11.0. The van der Waals surface area contributed by atoms with Crippen LogP contribution in [0.15, 0.2) is 35.2 Å². The molecule has 1 saturated heterocycles. The van der Waals surface area contributed by atoms with Crippen LogP contribution < -0.4 is 5.32 Å². The molecule has 2 rings (SSSR count). The maximum atomic E-state index is 12.7. The molecule has 6 heteroatoms. The molecule has 1 aliphatic rings. The summed E-state index contributed by atoms with van der Waals surface area (Å²) >= 11 is 0. The predicted octanol–water partition coefficient (Wildman–Crippen LogP) is 2.39. The third kappa shape index (κ3) is 4.32. The molecule has 1 fully saturated rings. The van der Waals surface area contributed by atoms with Gasteiger partial charge in [0.1, 0.15) is 0 Å². The Hall–Kier alpha value is -1.40. The largest absolute Gasteiger partial charge is 0.353 e. The number of hydrogen-bond acceptors (Lipinski definition) is 3. The van der Waals surface area contributed by atoms with Gasteiger partial charge in [0, 0.05) is 19.1 Å². The van der Waals surface area contributed by atoms with Gasteiger partial charge >= 0.3 is 0 Å². The highest BCUT2D eigenvalue weighted by Crippen LogP contribution is 2.24. The minimum atomic E-state index is -3.51. The van der Waals surface area contributed by atoms with Crippen molar-refractivity contribution in [3.05, 3.63) is 30.3 Å². The van der Waals surface area contributed by atoms with E-state index < -0.39 is 10.0 Å². The summed E-state index contributed by atoms with van der Waals surface area (Å²) in [5.41, 5.74) is 0. The van der Waals surface area contributed by atoms with Crippen molar-refractivity contribution >= 4 is 15.9 Å². The van der Waals surface area contributed by atoms with Gasteiger partial charge in [-0.05, 0) is 37.8 Å². The number of nitrogens with zero attached hydrogens (tertiary/aromatic N) is 1. The smallest absolute Gasteiger partial charge is 0.243 e. The quantitative estimate of drug-likeness (QED) is 0.866. The van der Waals surface area contributed by atoms with E-state index in [4.69, 9.17) is 0 Å². The summed E-state index contributed by atoms with van der Waals surface area (Å²) in [7, 11) is -3.51. The highest BCUT2D eigenvalue weighted by atomic mass is 32.2. The van der Waals surface area contributed by atoms with Crippen molar-refractivity contribution in [3.8, 4) is 0 Å². The lowest BCUT2D eigenvalue weighted by Gasteiger charge is -2.32. The Morgan fingerprint density at radius 1 is 1.26 bits per heavy atom. The molecule has 0 bridgehead atoms. The van der Waals surface area contributed by atoms with Crippen molar-refractivity contribution in [2.24, 2.45) is 5.92 Å². The summed E-state index contributed by atoms with van der Waals surface area (Å²) < 4.78 is 26.8. The number of piperidine rings is 1. The Balaban J connectivity index is 2.07. The molecule has 1 heterocycles. The van der Waals surface area contributed by atoms with Crippen LogP contribution in [0.3, 0.4) is 0 Å². The zero-order valence-corrected chi connectivity index (χ0v) is 14.7. The highest BCUT2D eigenvalue weighted by molar-refractivity contribution is 7.89. The van der Waals surface area contributed by atoms with Crippen molar-refractivity contribution in [3.63, 3.8) is 0 Å². The monoisotopic (exact) mass is 338 g/mol. The van der Waals surface area contributed by atoms with Crippen molar-refractivity contribution in [2.75, 3.05) is 13.1 Å². The minimum absolute atomic E-state index is 0.0216. The molecule has 23 heavy (non-hydrogen) atoms. The standard InChI is InChI=1S/C17H26N2O3S/c1-3-15(4-2)18-17(20)14-9-8-12-19(13-14)23(21,22)16-10-6-5-7-11-16/h5-7,10-11,14-15H,3-4,8-9,12-13H2,1-2H3,(H,18,20)/t14-/m0/s1. The maximum Gasteiger partial charge on any atom is 0.243 e. The average Bonchev–Trinajstić information content (AvgIpc) is 2.60. The van der Waals surface area contributed by atoms with E-state index >= 15 is 0 Å². The molecule has 0 aromatic heterocycles. The molecular weight excluding hydrogens is 312 g/mol. The fourth-order valence-electron chi connectivity index (χ4n) is 2.93. The molecule has 0 unspecified atom stereocenters. The molecule has 1 aliphatic heterocycles. The zero-order chi connectivity index (χ0) is 16.9. The first-order valence-electron chi connectivity index (χ1n) is 8.34. The molecule has 1 atom stereocenters. The molecule has 0 saturated carbocycles. The first-order valence-corrected chi connectivity index (χ1v) is 9.78. The fraction of sp³-hybridized carbons (Fsp3) is 0.588. The fourth-order valence-corrected chi connectivity index (χ4v) is 4.47. The molecule has 1 N–H and O–H groups in total. The van der Waals surface area contributed by atoms with Gasteiger partial charge in [0.05, 0.1) is 10.8 Å². The Bertz CT molecular complexity index is 612. The summed E-state index contributed by atoms with van der Waals surface area (Å²) in [5.74, 6) is -0.283. The second kappa shape index (κ2) is 7.93. The number of rotatable bonds is 6. The number of sulfonamides is 1. The van der Waals surface area contributed by atoms with Crippen LogP contribution in [-0.4, -0.2) is 37.8 Å². The van der Waals surface area contributed by atoms with Gasteiger partial charge in [0.15, 0.2) is 0 Å². The zero-order valence-electron chi connectivity index (χ0n) is 13.9. The summed E-state index contributed by atoms with van der Waals surface area (Å²) in [6.45, 7) is 4.83. The molecule has 1 amide bonds. The van der Waals surface area contributed by atoms with Crippen LogP contribution in [0.1, 0.15) is 39.5 Å². The molecule has 1 aromatic carbocycles. The maximum absolute atomic E-state index is 12.7.